The Kier molecular flexibility index (Phi) is 8.11. The molecule has 1 atom stereocenters. The first-order valence-corrected chi connectivity index (χ1v) is 12.5. The van der Waals surface area contributed by atoms with Gasteiger partial charge in [0.1, 0.15) is 12.3 Å². The van der Waals surface area contributed by atoms with Gasteiger partial charge in [-0.3, -0.25) is 9.10 Å². The predicted octanol–water partition coefficient (Wildman–Crippen LogP) is 4.72. The van der Waals surface area contributed by atoms with Crippen molar-refractivity contribution in [3.05, 3.63) is 90.0 Å². The van der Waals surface area contributed by atoms with E-state index in [2.05, 4.69) is 5.32 Å². The highest BCUT2D eigenvalue weighted by Gasteiger charge is 2.27. The first-order valence-electron chi connectivity index (χ1n) is 11.0. The number of rotatable bonds is 10. The Morgan fingerprint density at radius 3 is 2.15 bits per heavy atom. The molecule has 6 nitrogen and oxygen atoms in total. The summed E-state index contributed by atoms with van der Waals surface area (Å²) in [5.74, 6) is 0.367. The molecule has 0 aromatic heterocycles. The van der Waals surface area contributed by atoms with Gasteiger partial charge < -0.3 is 10.1 Å². The Morgan fingerprint density at radius 1 is 0.939 bits per heavy atom. The van der Waals surface area contributed by atoms with Gasteiger partial charge in [0.25, 0.3) is 10.0 Å². The van der Waals surface area contributed by atoms with Crippen molar-refractivity contribution in [2.45, 2.75) is 38.1 Å². The summed E-state index contributed by atoms with van der Waals surface area (Å²) in [6.07, 6.45) is 0.839. The maximum Gasteiger partial charge on any atom is 0.264 e. The van der Waals surface area contributed by atoms with Crippen molar-refractivity contribution in [2.75, 3.05) is 17.5 Å². The molecule has 3 aromatic carbocycles. The number of nitrogens with zero attached hydrogens (tertiary/aromatic N) is 1. The fourth-order valence-electron chi connectivity index (χ4n) is 3.45. The summed E-state index contributed by atoms with van der Waals surface area (Å²) >= 11 is 0. The van der Waals surface area contributed by atoms with Crippen LogP contribution < -0.4 is 14.4 Å². The molecule has 3 rings (SSSR count). The van der Waals surface area contributed by atoms with E-state index in [0.29, 0.717) is 12.3 Å². The molecule has 0 heterocycles. The molecule has 0 bridgehead atoms. The third kappa shape index (κ3) is 6.14. The molecule has 33 heavy (non-hydrogen) atoms. The quantitative estimate of drug-likeness (QED) is 0.469. The third-order valence-corrected chi connectivity index (χ3v) is 7.11. The van der Waals surface area contributed by atoms with E-state index in [0.717, 1.165) is 27.6 Å². The van der Waals surface area contributed by atoms with Crippen molar-refractivity contribution in [3.63, 3.8) is 0 Å². The van der Waals surface area contributed by atoms with Crippen LogP contribution in [-0.2, 0) is 21.2 Å². The van der Waals surface area contributed by atoms with Crippen molar-refractivity contribution in [1.82, 2.24) is 5.32 Å². The number of anilines is 1. The summed E-state index contributed by atoms with van der Waals surface area (Å²) in [6.45, 7) is 6.06. The minimum Gasteiger partial charge on any atom is -0.494 e. The van der Waals surface area contributed by atoms with E-state index in [9.17, 15) is 13.2 Å². The van der Waals surface area contributed by atoms with Crippen molar-refractivity contribution in [2.24, 2.45) is 0 Å². The molecule has 3 aromatic rings. The normalized spacial score (nSPS) is 12.1. The molecule has 1 unspecified atom stereocenters. The van der Waals surface area contributed by atoms with Gasteiger partial charge in [-0.25, -0.2) is 8.42 Å². The van der Waals surface area contributed by atoms with Gasteiger partial charge in [0, 0.05) is 0 Å². The third-order valence-electron chi connectivity index (χ3n) is 5.32. The van der Waals surface area contributed by atoms with Crippen LogP contribution in [0.5, 0.6) is 5.75 Å². The fourth-order valence-corrected chi connectivity index (χ4v) is 4.89. The predicted molar refractivity (Wildman–Crippen MR) is 131 cm³/mol. The van der Waals surface area contributed by atoms with E-state index in [-0.39, 0.29) is 17.5 Å². The van der Waals surface area contributed by atoms with Crippen LogP contribution in [0.3, 0.4) is 0 Å². The van der Waals surface area contributed by atoms with E-state index in [4.69, 9.17) is 4.74 Å². The molecule has 0 fully saturated rings. The maximum absolute atomic E-state index is 13.4. The molecule has 0 radical (unpaired) electrons. The second kappa shape index (κ2) is 11.0. The Bertz CT molecular complexity index is 1150. The topological polar surface area (TPSA) is 75.7 Å². The molecule has 1 N–H and O–H groups in total. The number of hydrogen-bond acceptors (Lipinski definition) is 4. The zero-order chi connectivity index (χ0) is 23.8. The summed E-state index contributed by atoms with van der Waals surface area (Å²) < 4.78 is 33.4. The number of amides is 1. The van der Waals surface area contributed by atoms with Gasteiger partial charge in [-0.1, -0.05) is 49.4 Å². The lowest BCUT2D eigenvalue weighted by atomic mass is 10.1. The smallest absolute Gasteiger partial charge is 0.264 e. The van der Waals surface area contributed by atoms with Crippen LogP contribution in [-0.4, -0.2) is 27.5 Å². The Hall–Kier alpha value is -3.32. The number of aryl methyl sites for hydroxylation is 1. The van der Waals surface area contributed by atoms with Crippen LogP contribution >= 0.6 is 0 Å². The monoisotopic (exact) mass is 466 g/mol. The molecule has 1 amide bonds. The van der Waals surface area contributed by atoms with E-state index < -0.39 is 15.9 Å². The molecule has 7 heteroatoms. The number of carbonyl (C=O) groups is 1. The second-order valence-electron chi connectivity index (χ2n) is 7.64. The molecule has 0 aliphatic carbocycles. The molecule has 0 saturated carbocycles. The minimum absolute atomic E-state index is 0.136. The lowest BCUT2D eigenvalue weighted by Gasteiger charge is -2.25. The van der Waals surface area contributed by atoms with Gasteiger partial charge in [0.15, 0.2) is 0 Å². The molecule has 0 aliphatic rings. The summed E-state index contributed by atoms with van der Waals surface area (Å²) in [4.78, 5) is 13.1. The van der Waals surface area contributed by atoms with Crippen LogP contribution in [0, 0.1) is 0 Å². The summed E-state index contributed by atoms with van der Waals surface area (Å²) in [6, 6.07) is 22.6. The highest BCUT2D eigenvalue weighted by molar-refractivity contribution is 7.92. The van der Waals surface area contributed by atoms with Gasteiger partial charge in [-0.2, -0.15) is 0 Å². The first-order chi connectivity index (χ1) is 15.8. The second-order valence-corrected chi connectivity index (χ2v) is 9.50. The largest absolute Gasteiger partial charge is 0.494 e. The molecule has 0 aliphatic heterocycles. The SMILES string of the molecule is CCOc1ccc(C(C)NC(=O)CN(c2ccc(CC)cc2)S(=O)(=O)c2ccccc2)cc1. The van der Waals surface area contributed by atoms with Gasteiger partial charge in [0.2, 0.25) is 5.91 Å². The van der Waals surface area contributed by atoms with Crippen LogP contribution in [0.15, 0.2) is 83.8 Å². The number of hydrogen-bond donors (Lipinski definition) is 1. The van der Waals surface area contributed by atoms with Crippen LogP contribution in [0.25, 0.3) is 0 Å². The van der Waals surface area contributed by atoms with Crippen molar-refractivity contribution >= 4 is 21.6 Å². The Balaban J connectivity index is 1.82. The fraction of sp³-hybridized carbons (Fsp3) is 0.269. The van der Waals surface area contributed by atoms with Gasteiger partial charge in [0.05, 0.1) is 23.2 Å². The van der Waals surface area contributed by atoms with Crippen LogP contribution in [0.4, 0.5) is 5.69 Å². The number of benzene rings is 3. The zero-order valence-corrected chi connectivity index (χ0v) is 20.0. The Morgan fingerprint density at radius 2 is 1.58 bits per heavy atom. The summed E-state index contributed by atoms with van der Waals surface area (Å²) in [7, 11) is -3.93. The van der Waals surface area contributed by atoms with E-state index in [1.165, 1.54) is 12.1 Å². The minimum atomic E-state index is -3.93. The lowest BCUT2D eigenvalue weighted by molar-refractivity contribution is -0.120. The Labute approximate surface area is 196 Å². The van der Waals surface area contributed by atoms with Crippen molar-refractivity contribution < 1.29 is 17.9 Å². The zero-order valence-electron chi connectivity index (χ0n) is 19.2. The number of carbonyl (C=O) groups excluding carboxylic acids is 1. The number of nitrogens with one attached hydrogen (secondary N) is 1. The standard InChI is InChI=1S/C26H30N2O4S/c1-4-21-11-15-23(16-12-21)28(33(30,31)25-9-7-6-8-10-25)19-26(29)27-20(3)22-13-17-24(18-14-22)32-5-2/h6-18,20H,4-5,19H2,1-3H3,(H,27,29). The number of ether oxygens (including phenoxy) is 1. The van der Waals surface area contributed by atoms with Gasteiger partial charge in [-0.05, 0) is 67.8 Å². The van der Waals surface area contributed by atoms with Gasteiger partial charge in [-0.15, -0.1) is 0 Å². The maximum atomic E-state index is 13.4. The van der Waals surface area contributed by atoms with E-state index in [1.807, 2.05) is 57.2 Å². The molecule has 174 valence electrons. The van der Waals surface area contributed by atoms with E-state index in [1.54, 1.807) is 30.3 Å². The lowest BCUT2D eigenvalue weighted by Crippen LogP contribution is -2.41. The van der Waals surface area contributed by atoms with Crippen molar-refractivity contribution in [3.8, 4) is 5.75 Å². The summed E-state index contributed by atoms with van der Waals surface area (Å²) in [5.41, 5.74) is 2.43. The highest BCUT2D eigenvalue weighted by Crippen LogP contribution is 2.24. The average molecular weight is 467 g/mol. The van der Waals surface area contributed by atoms with E-state index >= 15 is 0 Å². The van der Waals surface area contributed by atoms with Gasteiger partial charge >= 0.3 is 0 Å². The van der Waals surface area contributed by atoms with Crippen LogP contribution in [0.1, 0.15) is 37.9 Å². The average Bonchev–Trinajstić information content (AvgIpc) is 2.83. The van der Waals surface area contributed by atoms with Crippen molar-refractivity contribution in [1.29, 1.82) is 0 Å². The van der Waals surface area contributed by atoms with Crippen LogP contribution in [0.2, 0.25) is 0 Å². The molecule has 0 spiro atoms. The molecular weight excluding hydrogens is 436 g/mol. The number of sulfonamides is 1. The summed E-state index contributed by atoms with van der Waals surface area (Å²) in [5, 5.41) is 2.91. The highest BCUT2D eigenvalue weighted by atomic mass is 32.2. The molecular formula is C26H30N2O4S. The first kappa shape index (κ1) is 24.3. The molecule has 0 saturated heterocycles.